The van der Waals surface area contributed by atoms with Gasteiger partial charge in [-0.3, -0.25) is 9.41 Å². The molecule has 0 unspecified atom stereocenters. The van der Waals surface area contributed by atoms with Crippen LogP contribution in [0.2, 0.25) is 0 Å². The lowest BCUT2D eigenvalue weighted by Gasteiger charge is -1.87. The first kappa shape index (κ1) is 7.60. The Balaban J connectivity index is 2.98. The van der Waals surface area contributed by atoms with Crippen LogP contribution in [0.3, 0.4) is 0 Å². The summed E-state index contributed by atoms with van der Waals surface area (Å²) in [4.78, 5) is 14.7. The van der Waals surface area contributed by atoms with Gasteiger partial charge in [0.1, 0.15) is 5.56 Å². The molecule has 0 atom stereocenters. The van der Waals surface area contributed by atoms with E-state index in [9.17, 15) is 4.79 Å². The molecule has 3 heteroatoms. The van der Waals surface area contributed by atoms with Gasteiger partial charge in [-0.15, -0.1) is 0 Å². The Morgan fingerprint density at radius 1 is 1.64 bits per heavy atom. The number of pyridine rings is 1. The standard InChI is InChI=1S/C8H8NO2/c1-6-3-4-7(5-9-6)8(10)11-2/h3-5H,2H2,1H3/q+1. The molecule has 0 aliphatic rings. The number of aromatic nitrogens is 1. The van der Waals surface area contributed by atoms with Gasteiger partial charge in [0.25, 0.3) is 0 Å². The van der Waals surface area contributed by atoms with Gasteiger partial charge in [-0.1, -0.05) is 0 Å². The summed E-state index contributed by atoms with van der Waals surface area (Å²) in [6, 6.07) is 3.39. The number of carbonyl (C=O) groups excluding carboxylic acids is 2. The normalized spacial score (nSPS) is 9.18. The summed E-state index contributed by atoms with van der Waals surface area (Å²) >= 11 is 0. The highest BCUT2D eigenvalue weighted by atomic mass is 16.4. The molecule has 0 amide bonds. The Kier molecular flexibility index (Phi) is 2.11. The first-order chi connectivity index (χ1) is 5.24. The first-order valence-corrected chi connectivity index (χ1v) is 3.13. The van der Waals surface area contributed by atoms with Crippen LogP contribution >= 0.6 is 0 Å². The monoisotopic (exact) mass is 150 g/mol. The molecular formula is C8H8NO2+. The van der Waals surface area contributed by atoms with Crippen molar-refractivity contribution in [1.82, 2.24) is 4.98 Å². The third-order valence-corrected chi connectivity index (χ3v) is 1.28. The summed E-state index contributed by atoms with van der Waals surface area (Å²) in [5, 5.41) is 0. The smallest absolute Gasteiger partial charge is 0.284 e. The van der Waals surface area contributed by atoms with E-state index in [1.165, 1.54) is 6.20 Å². The lowest BCUT2D eigenvalue weighted by atomic mass is 10.2. The van der Waals surface area contributed by atoms with E-state index in [2.05, 4.69) is 16.2 Å². The van der Waals surface area contributed by atoms with Gasteiger partial charge < -0.3 is 0 Å². The summed E-state index contributed by atoms with van der Waals surface area (Å²) in [6.45, 7) is 4.85. The molecule has 56 valence electrons. The third-order valence-electron chi connectivity index (χ3n) is 1.28. The van der Waals surface area contributed by atoms with Crippen molar-refractivity contribution >= 4 is 12.8 Å². The van der Waals surface area contributed by atoms with Gasteiger partial charge >= 0.3 is 5.97 Å². The van der Waals surface area contributed by atoms with E-state index < -0.39 is 5.97 Å². The predicted molar refractivity (Wildman–Crippen MR) is 40.4 cm³/mol. The van der Waals surface area contributed by atoms with Crippen LogP contribution in [0.5, 0.6) is 0 Å². The fourth-order valence-electron chi connectivity index (χ4n) is 0.672. The summed E-state index contributed by atoms with van der Waals surface area (Å²) in [7, 11) is 0. The Morgan fingerprint density at radius 3 is 2.82 bits per heavy atom. The average molecular weight is 150 g/mol. The summed E-state index contributed by atoms with van der Waals surface area (Å²) in [5.74, 6) is -0.461. The second kappa shape index (κ2) is 3.05. The SMILES string of the molecule is C=[O+]C(=O)c1ccc(C)nc1. The molecule has 1 rings (SSSR count). The molecule has 3 nitrogen and oxygen atoms in total. The molecule has 0 aliphatic carbocycles. The van der Waals surface area contributed by atoms with Crippen molar-refractivity contribution in [2.24, 2.45) is 0 Å². The predicted octanol–water partition coefficient (Wildman–Crippen LogP) is 0.895. The maximum Gasteiger partial charge on any atom is 0.614 e. The van der Waals surface area contributed by atoms with Crippen LogP contribution in [0.15, 0.2) is 18.3 Å². The Bertz CT molecular complexity index is 277. The largest absolute Gasteiger partial charge is 0.614 e. The van der Waals surface area contributed by atoms with Gasteiger partial charge in [-0.05, 0) is 19.1 Å². The second-order valence-electron chi connectivity index (χ2n) is 2.12. The molecule has 0 spiro atoms. The van der Waals surface area contributed by atoms with E-state index >= 15 is 0 Å². The van der Waals surface area contributed by atoms with E-state index in [-0.39, 0.29) is 0 Å². The van der Waals surface area contributed by atoms with E-state index in [1.807, 2.05) is 6.92 Å². The molecule has 1 aromatic rings. The molecule has 1 heterocycles. The summed E-state index contributed by atoms with van der Waals surface area (Å²) in [6.07, 6.45) is 1.46. The summed E-state index contributed by atoms with van der Waals surface area (Å²) in [5.41, 5.74) is 1.29. The molecule has 0 N–H and O–H groups in total. The zero-order valence-corrected chi connectivity index (χ0v) is 6.20. The molecule has 0 aromatic carbocycles. The van der Waals surface area contributed by atoms with Gasteiger partial charge in [0.2, 0.25) is 0 Å². The van der Waals surface area contributed by atoms with Crippen LogP contribution in [0.1, 0.15) is 16.1 Å². The Morgan fingerprint density at radius 2 is 2.36 bits per heavy atom. The lowest BCUT2D eigenvalue weighted by Crippen LogP contribution is -1.98. The highest BCUT2D eigenvalue weighted by molar-refractivity contribution is 5.86. The van der Waals surface area contributed by atoms with Crippen LogP contribution in [0, 0.1) is 6.92 Å². The zero-order chi connectivity index (χ0) is 8.27. The molecule has 0 fully saturated rings. The number of nitrogens with zero attached hydrogens (tertiary/aromatic N) is 1. The van der Waals surface area contributed by atoms with E-state index in [0.29, 0.717) is 5.56 Å². The average Bonchev–Trinajstić information content (AvgIpc) is 2.05. The number of hydrogen-bond acceptors (Lipinski definition) is 2. The molecule has 11 heavy (non-hydrogen) atoms. The number of aryl methyl sites for hydroxylation is 1. The van der Waals surface area contributed by atoms with E-state index in [0.717, 1.165) is 5.69 Å². The number of hydrogen-bond donors (Lipinski definition) is 0. The van der Waals surface area contributed by atoms with Crippen LogP contribution in [0.25, 0.3) is 0 Å². The highest BCUT2D eigenvalue weighted by Crippen LogP contribution is 1.98. The molecule has 0 radical (unpaired) electrons. The van der Waals surface area contributed by atoms with Crippen LogP contribution in [0.4, 0.5) is 0 Å². The van der Waals surface area contributed by atoms with Crippen molar-refractivity contribution < 1.29 is 9.22 Å². The van der Waals surface area contributed by atoms with Crippen LogP contribution < -0.4 is 0 Å². The van der Waals surface area contributed by atoms with Gasteiger partial charge in [0.05, 0.1) is 4.79 Å². The van der Waals surface area contributed by atoms with Crippen molar-refractivity contribution in [3.8, 4) is 0 Å². The van der Waals surface area contributed by atoms with Gasteiger partial charge in [0, 0.05) is 11.9 Å². The quantitative estimate of drug-likeness (QED) is 0.558. The van der Waals surface area contributed by atoms with Gasteiger partial charge in [-0.2, -0.15) is 0 Å². The minimum Gasteiger partial charge on any atom is -0.284 e. The molecular weight excluding hydrogens is 142 g/mol. The van der Waals surface area contributed by atoms with Crippen LogP contribution in [-0.4, -0.2) is 17.7 Å². The van der Waals surface area contributed by atoms with E-state index in [4.69, 9.17) is 0 Å². The molecule has 1 aromatic heterocycles. The Hall–Kier alpha value is -1.51. The highest BCUT2D eigenvalue weighted by Gasteiger charge is 2.15. The fourth-order valence-corrected chi connectivity index (χ4v) is 0.672. The minimum atomic E-state index is -0.461. The van der Waals surface area contributed by atoms with Crippen molar-refractivity contribution in [2.75, 3.05) is 0 Å². The number of carbonyl (C=O) groups is 1. The van der Waals surface area contributed by atoms with Crippen molar-refractivity contribution in [3.63, 3.8) is 0 Å². The first-order valence-electron chi connectivity index (χ1n) is 3.13. The molecule has 0 bridgehead atoms. The maximum atomic E-state index is 10.8. The topological polar surface area (TPSA) is 41.3 Å². The van der Waals surface area contributed by atoms with Crippen molar-refractivity contribution in [1.29, 1.82) is 0 Å². The minimum absolute atomic E-state index is 0.422. The molecule has 0 aliphatic heterocycles. The van der Waals surface area contributed by atoms with Crippen molar-refractivity contribution in [2.45, 2.75) is 6.92 Å². The second-order valence-corrected chi connectivity index (χ2v) is 2.12. The summed E-state index contributed by atoms with van der Waals surface area (Å²) < 4.78 is 4.25. The van der Waals surface area contributed by atoms with Gasteiger partial charge in [0.15, 0.2) is 6.79 Å². The van der Waals surface area contributed by atoms with Gasteiger partial charge in [-0.25, -0.2) is 0 Å². The zero-order valence-electron chi connectivity index (χ0n) is 6.20. The third kappa shape index (κ3) is 1.70. The van der Waals surface area contributed by atoms with Crippen molar-refractivity contribution in [3.05, 3.63) is 29.6 Å². The fraction of sp³-hybridized carbons (Fsp3) is 0.125. The molecule has 0 saturated carbocycles. The Labute approximate surface area is 64.4 Å². The van der Waals surface area contributed by atoms with Crippen LogP contribution in [-0.2, 0) is 4.42 Å². The van der Waals surface area contributed by atoms with E-state index in [1.54, 1.807) is 12.1 Å². The maximum absolute atomic E-state index is 10.8. The number of rotatable bonds is 1. The lowest BCUT2D eigenvalue weighted by molar-refractivity contribution is -0.334. The molecule has 0 saturated heterocycles.